The molecule has 2 heterocycles. The Bertz CT molecular complexity index is 1330. The van der Waals surface area contributed by atoms with Crippen LogP contribution in [0.1, 0.15) is 28.2 Å². The first-order valence-corrected chi connectivity index (χ1v) is 15.0. The lowest BCUT2D eigenvalue weighted by molar-refractivity contribution is -0.132. The number of anilines is 1. The molecule has 1 N–H and O–H groups in total. The number of urea groups is 1. The summed E-state index contributed by atoms with van der Waals surface area (Å²) in [6, 6.07) is 14.4. The molecule has 1 saturated heterocycles. The van der Waals surface area contributed by atoms with Gasteiger partial charge in [-0.05, 0) is 68.1 Å². The predicted octanol–water partition coefficient (Wildman–Crippen LogP) is 6.66. The number of amides is 3. The van der Waals surface area contributed by atoms with Gasteiger partial charge in [-0.1, -0.05) is 35.3 Å². The third kappa shape index (κ3) is 8.52. The smallest absolute Gasteiger partial charge is 0.322 e. The van der Waals surface area contributed by atoms with Crippen LogP contribution in [0.25, 0.3) is 0 Å². The average Bonchev–Trinajstić information content (AvgIpc) is 3.63. The SMILES string of the molecule is COc1ccc(CCN(Cc2ccc(C)s2)C(=O)CN(C[C@@H]2CCCO2)C(=O)Nc2c(Cl)cccc2Cl)cc1OC. The molecule has 0 saturated carbocycles. The van der Waals surface area contributed by atoms with Crippen molar-refractivity contribution in [2.45, 2.75) is 38.8 Å². The Morgan fingerprint density at radius 2 is 1.80 bits per heavy atom. The summed E-state index contributed by atoms with van der Waals surface area (Å²) in [6.07, 6.45) is 2.20. The number of methoxy groups -OCH3 is 2. The van der Waals surface area contributed by atoms with Gasteiger partial charge in [-0.2, -0.15) is 0 Å². The summed E-state index contributed by atoms with van der Waals surface area (Å²) in [5.41, 5.74) is 1.31. The summed E-state index contributed by atoms with van der Waals surface area (Å²) in [7, 11) is 3.19. The molecule has 0 unspecified atom stereocenters. The molecule has 11 heteroatoms. The zero-order valence-electron chi connectivity index (χ0n) is 23.5. The highest BCUT2D eigenvalue weighted by atomic mass is 35.5. The van der Waals surface area contributed by atoms with Gasteiger partial charge in [0.2, 0.25) is 5.91 Å². The Kier molecular flexibility index (Phi) is 11.2. The topological polar surface area (TPSA) is 80.3 Å². The number of ether oxygens (including phenoxy) is 3. The Hall–Kier alpha value is -2.98. The number of nitrogens with one attached hydrogen (secondary N) is 1. The van der Waals surface area contributed by atoms with E-state index in [2.05, 4.69) is 5.32 Å². The molecule has 0 radical (unpaired) electrons. The highest BCUT2D eigenvalue weighted by Crippen LogP contribution is 2.31. The fraction of sp³-hybridized carbons (Fsp3) is 0.400. The summed E-state index contributed by atoms with van der Waals surface area (Å²) in [6.45, 7) is 3.73. The molecule has 4 rings (SSSR count). The van der Waals surface area contributed by atoms with Crippen LogP contribution in [-0.2, 0) is 22.5 Å². The van der Waals surface area contributed by atoms with Gasteiger partial charge in [-0.15, -0.1) is 11.3 Å². The molecule has 1 atom stereocenters. The second-order valence-electron chi connectivity index (χ2n) is 9.81. The second-order valence-corrected chi connectivity index (χ2v) is 12.0. The third-order valence-corrected chi connectivity index (χ3v) is 8.49. The number of hydrogen-bond acceptors (Lipinski definition) is 6. The number of thiophene rings is 1. The summed E-state index contributed by atoms with van der Waals surface area (Å²) < 4.78 is 16.6. The standard InChI is InChI=1S/C30H35Cl2N3O5S/c1-20-9-11-23(41-20)18-34(14-13-21-10-12-26(38-2)27(16-21)39-3)28(36)19-35(17-22-6-5-15-40-22)30(37)33-29-24(31)7-4-8-25(29)32/h4,7-12,16,22H,5-6,13-15,17-19H2,1-3H3,(H,33,37)/t22-/m0/s1. The van der Waals surface area contributed by atoms with Crippen LogP contribution in [-0.4, -0.2) is 68.3 Å². The molecule has 3 aromatic rings. The van der Waals surface area contributed by atoms with Crippen LogP contribution >= 0.6 is 34.5 Å². The number of aryl methyl sites for hydroxylation is 1. The third-order valence-electron chi connectivity index (χ3n) is 6.87. The summed E-state index contributed by atoms with van der Waals surface area (Å²) >= 11 is 14.3. The van der Waals surface area contributed by atoms with E-state index in [9.17, 15) is 9.59 Å². The van der Waals surface area contributed by atoms with Crippen LogP contribution in [0.3, 0.4) is 0 Å². The number of halogens is 2. The van der Waals surface area contributed by atoms with E-state index >= 15 is 0 Å². The quantitative estimate of drug-likeness (QED) is 0.245. The first-order valence-electron chi connectivity index (χ1n) is 13.4. The van der Waals surface area contributed by atoms with Crippen LogP contribution in [0.5, 0.6) is 11.5 Å². The van der Waals surface area contributed by atoms with E-state index in [0.29, 0.717) is 53.3 Å². The van der Waals surface area contributed by atoms with E-state index in [1.54, 1.807) is 48.7 Å². The maximum absolute atomic E-state index is 13.8. The number of nitrogens with zero attached hydrogens (tertiary/aromatic N) is 2. The molecule has 1 aliphatic rings. The molecule has 1 aliphatic heterocycles. The molecule has 8 nitrogen and oxygen atoms in total. The Morgan fingerprint density at radius 3 is 2.44 bits per heavy atom. The zero-order valence-corrected chi connectivity index (χ0v) is 25.8. The van der Waals surface area contributed by atoms with Gasteiger partial charge in [0.25, 0.3) is 0 Å². The van der Waals surface area contributed by atoms with Gasteiger partial charge in [0.15, 0.2) is 11.5 Å². The lowest BCUT2D eigenvalue weighted by Gasteiger charge is -2.29. The van der Waals surface area contributed by atoms with Crippen LogP contribution < -0.4 is 14.8 Å². The highest BCUT2D eigenvalue weighted by molar-refractivity contribution is 7.11. The fourth-order valence-electron chi connectivity index (χ4n) is 4.67. The molecule has 1 fully saturated rings. The second kappa shape index (κ2) is 14.8. The van der Waals surface area contributed by atoms with Crippen molar-refractivity contribution in [3.8, 4) is 11.5 Å². The van der Waals surface area contributed by atoms with Gasteiger partial charge in [-0.3, -0.25) is 4.79 Å². The molecular weight excluding hydrogens is 585 g/mol. The van der Waals surface area contributed by atoms with E-state index in [4.69, 9.17) is 37.4 Å². The Balaban J connectivity index is 1.53. The monoisotopic (exact) mass is 619 g/mol. The van der Waals surface area contributed by atoms with Gasteiger partial charge in [-0.25, -0.2) is 4.79 Å². The van der Waals surface area contributed by atoms with Crippen molar-refractivity contribution >= 4 is 52.2 Å². The van der Waals surface area contributed by atoms with Gasteiger partial charge < -0.3 is 29.3 Å². The van der Waals surface area contributed by atoms with Crippen molar-refractivity contribution in [1.82, 2.24) is 9.80 Å². The van der Waals surface area contributed by atoms with Crippen molar-refractivity contribution in [2.75, 3.05) is 45.8 Å². The maximum Gasteiger partial charge on any atom is 0.322 e. The minimum absolute atomic E-state index is 0.121. The van der Waals surface area contributed by atoms with Crippen LogP contribution in [0.2, 0.25) is 10.0 Å². The zero-order chi connectivity index (χ0) is 29.4. The largest absolute Gasteiger partial charge is 0.493 e. The summed E-state index contributed by atoms with van der Waals surface area (Å²) in [4.78, 5) is 32.8. The van der Waals surface area contributed by atoms with E-state index in [1.165, 1.54) is 9.78 Å². The van der Waals surface area contributed by atoms with Crippen molar-refractivity contribution in [3.05, 3.63) is 73.9 Å². The van der Waals surface area contributed by atoms with Crippen LogP contribution in [0.15, 0.2) is 48.5 Å². The molecule has 0 spiro atoms. The molecule has 220 valence electrons. The van der Waals surface area contributed by atoms with E-state index in [-0.39, 0.29) is 25.1 Å². The molecular formula is C30H35Cl2N3O5S. The number of carbonyl (C=O) groups is 2. The number of hydrogen-bond donors (Lipinski definition) is 1. The number of benzene rings is 2. The lowest BCUT2D eigenvalue weighted by atomic mass is 10.1. The molecule has 1 aromatic heterocycles. The maximum atomic E-state index is 13.8. The van der Waals surface area contributed by atoms with Crippen molar-refractivity contribution in [2.24, 2.45) is 0 Å². The van der Waals surface area contributed by atoms with Gasteiger partial charge in [0, 0.05) is 29.5 Å². The molecule has 3 amide bonds. The number of para-hydroxylation sites is 1. The predicted molar refractivity (Wildman–Crippen MR) is 164 cm³/mol. The number of rotatable bonds is 12. The first-order chi connectivity index (χ1) is 19.8. The van der Waals surface area contributed by atoms with Crippen molar-refractivity contribution in [1.29, 1.82) is 0 Å². The molecule has 0 bridgehead atoms. The van der Waals surface area contributed by atoms with Crippen molar-refractivity contribution < 1.29 is 23.8 Å². The first kappa shape index (κ1) is 31.0. The van der Waals surface area contributed by atoms with Gasteiger partial charge in [0.1, 0.15) is 6.54 Å². The van der Waals surface area contributed by atoms with E-state index < -0.39 is 6.03 Å². The van der Waals surface area contributed by atoms with Gasteiger partial charge >= 0.3 is 6.03 Å². The molecule has 2 aromatic carbocycles. The Labute approximate surface area is 255 Å². The van der Waals surface area contributed by atoms with E-state index in [1.807, 2.05) is 37.3 Å². The van der Waals surface area contributed by atoms with E-state index in [0.717, 1.165) is 23.3 Å². The minimum Gasteiger partial charge on any atom is -0.493 e. The van der Waals surface area contributed by atoms with Crippen LogP contribution in [0, 0.1) is 6.92 Å². The minimum atomic E-state index is -0.462. The van der Waals surface area contributed by atoms with Crippen molar-refractivity contribution in [3.63, 3.8) is 0 Å². The summed E-state index contributed by atoms with van der Waals surface area (Å²) in [5.74, 6) is 1.11. The molecule has 0 aliphatic carbocycles. The van der Waals surface area contributed by atoms with Gasteiger partial charge in [0.05, 0.1) is 42.6 Å². The average molecular weight is 621 g/mol. The van der Waals surface area contributed by atoms with Crippen LogP contribution in [0.4, 0.5) is 10.5 Å². The summed E-state index contributed by atoms with van der Waals surface area (Å²) in [5, 5.41) is 3.44. The Morgan fingerprint density at radius 1 is 1.05 bits per heavy atom. The lowest BCUT2D eigenvalue weighted by Crippen LogP contribution is -2.47. The number of carbonyl (C=O) groups excluding carboxylic acids is 2. The normalized spacial score (nSPS) is 14.5. The highest BCUT2D eigenvalue weighted by Gasteiger charge is 2.27. The fourth-order valence-corrected chi connectivity index (χ4v) is 6.07. The molecule has 41 heavy (non-hydrogen) atoms.